The molecule has 0 unspecified atom stereocenters. The Morgan fingerprint density at radius 1 is 1.31 bits per heavy atom. The van der Waals surface area contributed by atoms with E-state index in [2.05, 4.69) is 5.32 Å². The van der Waals surface area contributed by atoms with Crippen molar-refractivity contribution >= 4 is 71.0 Å². The molecular weight excluding hydrogens is 250 g/mol. The molecule has 0 aliphatic carbocycles. The smallest absolute Gasteiger partial charge is 0.759 e. The normalized spacial score (nSPS) is 15.2. The number of carbonyl (C=O) groups is 2. The minimum Gasteiger partial charge on any atom is -0.759 e. The van der Waals surface area contributed by atoms with Gasteiger partial charge in [0.25, 0.3) is 5.24 Å². The molecule has 1 aliphatic rings. The first-order valence-corrected chi connectivity index (χ1v) is 4.74. The summed E-state index contributed by atoms with van der Waals surface area (Å²) >= 11 is 1.01. The molecule has 1 N–H and O–H groups in total. The molecule has 7 nitrogen and oxygen atoms in total. The molecule has 0 bridgehead atoms. The second kappa shape index (κ2) is 6.98. The maximum Gasteiger partial charge on any atom is 2.00 e. The predicted molar refractivity (Wildman–Crippen MR) is 42.2 cm³/mol. The first-order valence-electron chi connectivity index (χ1n) is 2.42. The molecule has 70 valence electrons. The van der Waals surface area contributed by atoms with E-state index in [1.807, 2.05) is 0 Å². The van der Waals surface area contributed by atoms with Crippen molar-refractivity contribution in [3.8, 4) is 0 Å². The number of nitrogens with one attached hydrogen (secondary N) is 1. The van der Waals surface area contributed by atoms with Crippen molar-refractivity contribution in [2.24, 2.45) is 0 Å². The quantitative estimate of drug-likeness (QED) is 0.308. The van der Waals surface area contributed by atoms with Crippen LogP contribution < -0.4 is 5.32 Å². The molecule has 1 saturated heterocycles. The Morgan fingerprint density at radius 3 is 1.77 bits per heavy atom. The van der Waals surface area contributed by atoms with Crippen LogP contribution in [0.3, 0.4) is 0 Å². The third kappa shape index (κ3) is 15.4. The van der Waals surface area contributed by atoms with Crippen LogP contribution in [0.4, 0.5) is 4.79 Å². The van der Waals surface area contributed by atoms with E-state index in [1.165, 1.54) is 0 Å². The molecule has 1 heterocycles. The van der Waals surface area contributed by atoms with E-state index in [4.69, 9.17) is 17.5 Å². The van der Waals surface area contributed by atoms with Crippen LogP contribution in [-0.4, -0.2) is 72.2 Å². The zero-order chi connectivity index (χ0) is 9.78. The Bertz CT molecular complexity index is 264. The van der Waals surface area contributed by atoms with Gasteiger partial charge in [-0.05, 0) is 0 Å². The maximum atomic E-state index is 10.1. The Balaban J connectivity index is 0. The van der Waals surface area contributed by atoms with Crippen molar-refractivity contribution in [1.82, 2.24) is 5.32 Å². The molecule has 0 saturated carbocycles. The van der Waals surface area contributed by atoms with Crippen molar-refractivity contribution in [1.29, 1.82) is 0 Å². The summed E-state index contributed by atoms with van der Waals surface area (Å²) in [6.45, 7) is 0. The fourth-order valence-electron chi connectivity index (χ4n) is 0.317. The van der Waals surface area contributed by atoms with Crippen LogP contribution >= 0.6 is 11.8 Å². The minimum atomic E-state index is -5.17. The van der Waals surface area contributed by atoms with Gasteiger partial charge in [0.1, 0.15) is 0 Å². The van der Waals surface area contributed by atoms with Gasteiger partial charge in [0, 0.05) is 10.4 Å². The summed E-state index contributed by atoms with van der Waals surface area (Å²) in [4.78, 5) is 20.2. The third-order valence-corrected chi connectivity index (χ3v) is 1.35. The summed E-state index contributed by atoms with van der Waals surface area (Å²) < 4.78 is 34.1. The Morgan fingerprint density at radius 2 is 1.69 bits per heavy atom. The third-order valence-electron chi connectivity index (χ3n) is 0.576. The molecule has 10 heteroatoms. The summed E-state index contributed by atoms with van der Waals surface area (Å²) in [7, 11) is -5.17. The van der Waals surface area contributed by atoms with Gasteiger partial charge in [-0.15, -0.1) is 0 Å². The number of amides is 2. The van der Waals surface area contributed by atoms with Gasteiger partial charge in [-0.2, -0.15) is 0 Å². The monoisotopic (exact) mass is 253 g/mol. The molecule has 0 spiro atoms. The van der Waals surface area contributed by atoms with Crippen LogP contribution in [0.1, 0.15) is 0 Å². The van der Waals surface area contributed by atoms with E-state index in [0.717, 1.165) is 11.8 Å². The summed E-state index contributed by atoms with van der Waals surface area (Å²) in [6.07, 6.45) is 0. The first-order chi connectivity index (χ1) is 5.29. The zero-order valence-electron chi connectivity index (χ0n) is 6.18. The van der Waals surface area contributed by atoms with Crippen molar-refractivity contribution in [3.05, 3.63) is 0 Å². The first kappa shape index (κ1) is 16.1. The van der Waals surface area contributed by atoms with E-state index in [1.54, 1.807) is 0 Å². The van der Waals surface area contributed by atoms with Crippen molar-refractivity contribution in [2.45, 2.75) is 0 Å². The van der Waals surface area contributed by atoms with E-state index < -0.39 is 10.4 Å². The van der Waals surface area contributed by atoms with Crippen molar-refractivity contribution < 1.29 is 27.1 Å². The fourth-order valence-corrected chi connectivity index (χ4v) is 0.837. The molecule has 0 aromatic carbocycles. The summed E-state index contributed by atoms with van der Waals surface area (Å²) in [5.74, 6) is 0.105. The average molecular weight is 253 g/mol. The summed E-state index contributed by atoms with van der Waals surface area (Å²) in [5, 5.41) is 1.87. The van der Waals surface area contributed by atoms with Gasteiger partial charge in [-0.25, -0.2) is 0 Å². The van der Waals surface area contributed by atoms with E-state index in [9.17, 15) is 9.59 Å². The zero-order valence-corrected chi connectivity index (χ0v) is 10.0. The van der Waals surface area contributed by atoms with Gasteiger partial charge in [-0.3, -0.25) is 23.3 Å². The molecule has 0 atom stereocenters. The molecule has 0 radical (unpaired) electrons. The van der Waals surface area contributed by atoms with Gasteiger partial charge in [0.05, 0.1) is 5.75 Å². The van der Waals surface area contributed by atoms with Crippen LogP contribution in [0.25, 0.3) is 0 Å². The number of hydrogen-bond donors (Lipinski definition) is 1. The SMILES string of the molecule is O=C1CSC(=O)N1.O=S(=O)([O-])[O-].[Ca+2]. The largest absolute Gasteiger partial charge is 2.00 e. The number of thioether (sulfide) groups is 1. The molecule has 1 fully saturated rings. The molecule has 2 amide bonds. The number of rotatable bonds is 0. The van der Waals surface area contributed by atoms with Crippen LogP contribution in [0.5, 0.6) is 0 Å². The van der Waals surface area contributed by atoms with Crippen molar-refractivity contribution in [3.63, 3.8) is 0 Å². The predicted octanol–water partition coefficient (Wildman–Crippen LogP) is -1.75. The van der Waals surface area contributed by atoms with E-state index in [0.29, 0.717) is 5.75 Å². The Labute approximate surface area is 108 Å². The topological polar surface area (TPSA) is 126 Å². The van der Waals surface area contributed by atoms with Gasteiger partial charge in [0.15, 0.2) is 0 Å². The van der Waals surface area contributed by atoms with Gasteiger partial charge in [0.2, 0.25) is 5.91 Å². The van der Waals surface area contributed by atoms with Crippen LogP contribution in [0, 0.1) is 0 Å². The summed E-state index contributed by atoms with van der Waals surface area (Å²) in [6, 6.07) is 0. The van der Waals surface area contributed by atoms with E-state index in [-0.39, 0.29) is 48.9 Å². The van der Waals surface area contributed by atoms with Crippen molar-refractivity contribution in [2.75, 3.05) is 5.75 Å². The van der Waals surface area contributed by atoms with Crippen LogP contribution in [0.2, 0.25) is 0 Å². The standard InChI is InChI=1S/C3H3NO2S.Ca.H2O4S/c5-2-1-7-3(6)4-2;;1-5(2,3)4/h1H2,(H,4,5,6);;(H2,1,2,3,4)/q;+2;/p-2. The summed E-state index contributed by atoms with van der Waals surface area (Å²) in [5.41, 5.74) is 0. The molecular formula is C3H3CaNO6S2. The van der Waals surface area contributed by atoms with Crippen LogP contribution in [-0.2, 0) is 15.2 Å². The number of hydrogen-bond acceptors (Lipinski definition) is 7. The minimum absolute atomic E-state index is 0. The van der Waals surface area contributed by atoms with Crippen LogP contribution in [0.15, 0.2) is 0 Å². The van der Waals surface area contributed by atoms with E-state index >= 15 is 0 Å². The maximum absolute atomic E-state index is 10.1. The van der Waals surface area contributed by atoms with Gasteiger partial charge < -0.3 is 9.11 Å². The van der Waals surface area contributed by atoms with Gasteiger partial charge >= 0.3 is 37.7 Å². The van der Waals surface area contributed by atoms with Gasteiger partial charge in [-0.1, -0.05) is 11.8 Å². The number of carbonyl (C=O) groups excluding carboxylic acids is 2. The molecule has 1 rings (SSSR count). The second-order valence-corrected chi connectivity index (χ2v) is 3.30. The molecule has 0 aromatic rings. The Kier molecular flexibility index (Phi) is 8.63. The average Bonchev–Trinajstić information content (AvgIpc) is 2.09. The molecule has 0 aromatic heterocycles. The fraction of sp³-hybridized carbons (Fsp3) is 0.333. The Hall–Kier alpha value is 0.620. The second-order valence-electron chi connectivity index (χ2n) is 1.53. The molecule has 13 heavy (non-hydrogen) atoms. The number of imide groups is 1. The molecule has 1 aliphatic heterocycles.